The third-order valence-corrected chi connectivity index (χ3v) is 2.80. The largest absolute Gasteiger partial charge is 0.474 e. The van der Waals surface area contributed by atoms with Gasteiger partial charge in [-0.15, -0.1) is 0 Å². The fraction of sp³-hybridized carbons (Fsp3) is 0.643. The highest BCUT2D eigenvalue weighted by molar-refractivity contribution is 6.64. The average molecular weight is 344 g/mol. The smallest absolute Gasteiger partial charge is 0.394 e. The van der Waals surface area contributed by atoms with Gasteiger partial charge in [0.05, 0.1) is 0 Å². The molecular formula is C14H24N4O6. The number of nitrogens with one attached hydrogen (secondary N) is 4. The van der Waals surface area contributed by atoms with Crippen molar-refractivity contribution in [2.24, 2.45) is 0 Å². The summed E-state index contributed by atoms with van der Waals surface area (Å²) in [6.07, 6.45) is 2.46. The average Bonchev–Trinajstić information content (AvgIpc) is 2.55. The molecule has 3 amide bonds. The lowest BCUT2D eigenvalue weighted by atomic mass is 10.3. The molecule has 0 unspecified atom stereocenters. The number of ketones is 1. The molecule has 0 radical (unpaired) electrons. The van der Waals surface area contributed by atoms with E-state index in [1.165, 1.54) is 5.32 Å². The summed E-state index contributed by atoms with van der Waals surface area (Å²) < 4.78 is 0. The first kappa shape index (κ1) is 21.7. The maximum atomic E-state index is 11.4. The molecule has 0 aromatic carbocycles. The molecule has 0 saturated heterocycles. The summed E-state index contributed by atoms with van der Waals surface area (Å²) in [5.74, 6) is -7.84. The summed E-state index contributed by atoms with van der Waals surface area (Å²) in [7, 11) is 0. The van der Waals surface area contributed by atoms with E-state index in [-0.39, 0.29) is 6.54 Å². The Balaban J connectivity index is 3.71. The number of amides is 3. The van der Waals surface area contributed by atoms with Gasteiger partial charge in [0, 0.05) is 19.6 Å². The Bertz CT molecular complexity index is 466. The van der Waals surface area contributed by atoms with Gasteiger partial charge in [-0.3, -0.25) is 24.5 Å². The third kappa shape index (κ3) is 10.4. The molecule has 0 spiro atoms. The monoisotopic (exact) mass is 344 g/mol. The van der Waals surface area contributed by atoms with E-state index in [0.29, 0.717) is 6.42 Å². The highest BCUT2D eigenvalue weighted by Gasteiger charge is 2.26. The van der Waals surface area contributed by atoms with Gasteiger partial charge in [0.25, 0.3) is 5.91 Å². The van der Waals surface area contributed by atoms with Crippen molar-refractivity contribution in [3.8, 4) is 0 Å². The Morgan fingerprint density at radius 2 is 1.33 bits per heavy atom. The highest BCUT2D eigenvalue weighted by Crippen LogP contribution is 1.85. The van der Waals surface area contributed by atoms with Crippen molar-refractivity contribution >= 4 is 29.5 Å². The number of carbonyl (C=O) groups is 5. The highest BCUT2D eigenvalue weighted by atomic mass is 16.4. The van der Waals surface area contributed by atoms with E-state index in [0.717, 1.165) is 39.0 Å². The lowest BCUT2D eigenvalue weighted by Crippen LogP contribution is -2.46. The summed E-state index contributed by atoms with van der Waals surface area (Å²) in [5.41, 5.74) is 0. The molecule has 0 aromatic heterocycles. The number of Topliss-reactive ketones (excluding diaryl/α,β-unsaturated/α-hetero) is 1. The fourth-order valence-corrected chi connectivity index (χ4v) is 1.58. The van der Waals surface area contributed by atoms with Crippen LogP contribution in [0.2, 0.25) is 0 Å². The van der Waals surface area contributed by atoms with Crippen molar-refractivity contribution in [2.75, 3.05) is 32.7 Å². The van der Waals surface area contributed by atoms with Crippen LogP contribution in [0.1, 0.15) is 26.2 Å². The lowest BCUT2D eigenvalue weighted by Gasteiger charge is -2.06. The van der Waals surface area contributed by atoms with Crippen LogP contribution < -0.4 is 21.3 Å². The summed E-state index contributed by atoms with van der Waals surface area (Å²) in [6, 6.07) is 0. The van der Waals surface area contributed by atoms with Gasteiger partial charge >= 0.3 is 23.6 Å². The maximum absolute atomic E-state index is 11.4. The van der Waals surface area contributed by atoms with E-state index in [4.69, 9.17) is 5.11 Å². The molecule has 0 atom stereocenters. The number of hydrogen-bond acceptors (Lipinski definition) is 7. The molecule has 24 heavy (non-hydrogen) atoms. The zero-order valence-corrected chi connectivity index (χ0v) is 13.6. The van der Waals surface area contributed by atoms with Crippen LogP contribution in [-0.2, 0) is 24.0 Å². The van der Waals surface area contributed by atoms with E-state index in [1.54, 1.807) is 0 Å². The number of aliphatic carboxylic acids is 1. The Kier molecular flexibility index (Phi) is 11.9. The zero-order chi connectivity index (χ0) is 18.4. The number of imide groups is 1. The molecular weight excluding hydrogens is 320 g/mol. The first-order valence-electron chi connectivity index (χ1n) is 7.72. The van der Waals surface area contributed by atoms with Gasteiger partial charge in [-0.05, 0) is 32.4 Å². The van der Waals surface area contributed by atoms with Crippen LogP contribution in [-0.4, -0.2) is 67.3 Å². The molecule has 0 aromatic rings. The van der Waals surface area contributed by atoms with Crippen molar-refractivity contribution in [2.45, 2.75) is 26.2 Å². The van der Waals surface area contributed by atoms with E-state index >= 15 is 0 Å². The first-order valence-corrected chi connectivity index (χ1v) is 7.72. The second-order valence-electron chi connectivity index (χ2n) is 4.88. The summed E-state index contributed by atoms with van der Waals surface area (Å²) in [6.45, 7) is 5.73. The van der Waals surface area contributed by atoms with Gasteiger partial charge in [-0.2, -0.15) is 0 Å². The second-order valence-corrected chi connectivity index (χ2v) is 4.88. The third-order valence-electron chi connectivity index (χ3n) is 2.80. The van der Waals surface area contributed by atoms with Crippen molar-refractivity contribution in [3.63, 3.8) is 0 Å². The number of rotatable bonds is 12. The van der Waals surface area contributed by atoms with Crippen LogP contribution in [0, 0.1) is 0 Å². The minimum absolute atomic E-state index is 0.195. The Morgan fingerprint density at radius 1 is 0.750 bits per heavy atom. The molecule has 5 N–H and O–H groups in total. The molecule has 0 saturated carbocycles. The van der Waals surface area contributed by atoms with Gasteiger partial charge in [0.1, 0.15) is 0 Å². The van der Waals surface area contributed by atoms with Gasteiger partial charge in [-0.1, -0.05) is 6.92 Å². The van der Waals surface area contributed by atoms with Gasteiger partial charge in [-0.25, -0.2) is 4.79 Å². The SMILES string of the molecule is CCCNCCNCCCCNC(=O)C(=O)C(=O)NC(=O)C(=O)O. The number of unbranched alkanes of at least 4 members (excludes halogenated alkanes) is 1. The van der Waals surface area contributed by atoms with E-state index in [1.807, 2.05) is 0 Å². The maximum Gasteiger partial charge on any atom is 0.394 e. The predicted molar refractivity (Wildman–Crippen MR) is 84.1 cm³/mol. The fourth-order valence-electron chi connectivity index (χ4n) is 1.58. The summed E-state index contributed by atoms with van der Waals surface area (Å²) in [5, 5.41) is 18.2. The quantitative estimate of drug-likeness (QED) is 0.151. The molecule has 0 heterocycles. The van der Waals surface area contributed by atoms with Crippen molar-refractivity contribution < 1.29 is 29.1 Å². The van der Waals surface area contributed by atoms with Crippen molar-refractivity contribution in [1.82, 2.24) is 21.3 Å². The molecule has 0 rings (SSSR count). The molecule has 0 aliphatic rings. The van der Waals surface area contributed by atoms with Crippen molar-refractivity contribution in [3.05, 3.63) is 0 Å². The van der Waals surface area contributed by atoms with Crippen LogP contribution >= 0.6 is 0 Å². The Hall–Kier alpha value is -2.33. The Labute approximate surface area is 139 Å². The van der Waals surface area contributed by atoms with Crippen molar-refractivity contribution in [1.29, 1.82) is 0 Å². The van der Waals surface area contributed by atoms with Crippen LogP contribution in [0.5, 0.6) is 0 Å². The molecule has 0 aliphatic heterocycles. The standard InChI is InChI=1S/C14H24N4O6/c1-2-5-15-8-9-16-6-3-4-7-17-11(20)10(19)12(21)18-13(22)14(23)24/h15-16H,2-9H2,1H3,(H,17,20)(H,23,24)(H,18,21,22). The van der Waals surface area contributed by atoms with Gasteiger partial charge in [0.15, 0.2) is 0 Å². The minimum Gasteiger partial charge on any atom is -0.474 e. The Morgan fingerprint density at radius 3 is 1.92 bits per heavy atom. The predicted octanol–water partition coefficient (Wildman–Crippen LogP) is -2.23. The number of hydrogen-bond donors (Lipinski definition) is 5. The van der Waals surface area contributed by atoms with E-state index < -0.39 is 29.5 Å². The van der Waals surface area contributed by atoms with Crippen LogP contribution in [0.25, 0.3) is 0 Å². The summed E-state index contributed by atoms with van der Waals surface area (Å²) >= 11 is 0. The first-order chi connectivity index (χ1) is 11.4. The minimum atomic E-state index is -1.92. The second kappa shape index (κ2) is 13.1. The lowest BCUT2D eigenvalue weighted by molar-refractivity contribution is -0.153. The van der Waals surface area contributed by atoms with E-state index in [9.17, 15) is 24.0 Å². The topological polar surface area (TPSA) is 154 Å². The summed E-state index contributed by atoms with van der Waals surface area (Å²) in [4.78, 5) is 54.7. The van der Waals surface area contributed by atoms with E-state index in [2.05, 4.69) is 22.9 Å². The van der Waals surface area contributed by atoms with Gasteiger partial charge in [0.2, 0.25) is 0 Å². The number of carbonyl (C=O) groups excluding carboxylic acids is 4. The number of carboxylic acids is 1. The van der Waals surface area contributed by atoms with Crippen LogP contribution in [0.15, 0.2) is 0 Å². The zero-order valence-electron chi connectivity index (χ0n) is 13.6. The molecule has 0 bridgehead atoms. The van der Waals surface area contributed by atoms with Crippen LogP contribution in [0.4, 0.5) is 0 Å². The van der Waals surface area contributed by atoms with Gasteiger partial charge < -0.3 is 21.1 Å². The molecule has 0 aliphatic carbocycles. The molecule has 10 heteroatoms. The molecule has 0 fully saturated rings. The van der Waals surface area contributed by atoms with Crippen LogP contribution in [0.3, 0.4) is 0 Å². The molecule has 10 nitrogen and oxygen atoms in total. The normalized spacial score (nSPS) is 10.0. The molecule has 136 valence electrons. The number of carboxylic acid groups (broad SMARTS) is 1.